The molecule has 0 spiro atoms. The molecule has 1 amide bonds. The Labute approximate surface area is 151 Å². The highest BCUT2D eigenvalue weighted by Gasteiger charge is 2.22. The zero-order valence-electron chi connectivity index (χ0n) is 15.0. The summed E-state index contributed by atoms with van der Waals surface area (Å²) < 4.78 is 14.4. The summed E-state index contributed by atoms with van der Waals surface area (Å²) >= 11 is 0. The van der Waals surface area contributed by atoms with Crippen molar-refractivity contribution in [3.63, 3.8) is 0 Å². The monoisotopic (exact) mass is 365 g/mol. The lowest BCUT2D eigenvalue weighted by Crippen LogP contribution is -2.41. The predicted octanol–water partition coefficient (Wildman–Crippen LogP) is 1.42. The van der Waals surface area contributed by atoms with E-state index in [2.05, 4.69) is 10.1 Å². The van der Waals surface area contributed by atoms with Gasteiger partial charge in [0.15, 0.2) is 11.5 Å². The van der Waals surface area contributed by atoms with Crippen LogP contribution in [0, 0.1) is 0 Å². The van der Waals surface area contributed by atoms with E-state index in [1.165, 1.54) is 32.4 Å². The molecule has 0 radical (unpaired) electrons. The molecule has 0 aliphatic heterocycles. The van der Waals surface area contributed by atoms with Gasteiger partial charge in [-0.05, 0) is 37.1 Å². The van der Waals surface area contributed by atoms with Crippen LogP contribution in [0.2, 0.25) is 0 Å². The largest absolute Gasteiger partial charge is 0.504 e. The summed E-state index contributed by atoms with van der Waals surface area (Å²) in [6.07, 6.45) is 2.72. The second kappa shape index (κ2) is 10.8. The van der Waals surface area contributed by atoms with Crippen molar-refractivity contribution in [1.82, 2.24) is 5.32 Å². The van der Waals surface area contributed by atoms with Crippen molar-refractivity contribution in [2.75, 3.05) is 20.8 Å². The molecule has 0 heterocycles. The van der Waals surface area contributed by atoms with Gasteiger partial charge < -0.3 is 24.6 Å². The van der Waals surface area contributed by atoms with Crippen molar-refractivity contribution in [3.8, 4) is 11.5 Å². The first-order chi connectivity index (χ1) is 12.4. The van der Waals surface area contributed by atoms with Crippen molar-refractivity contribution in [2.45, 2.75) is 25.8 Å². The number of methoxy groups -OCH3 is 2. The molecule has 0 saturated carbocycles. The molecule has 1 aromatic rings. The average Bonchev–Trinajstić information content (AvgIpc) is 2.63. The second-order valence-electron chi connectivity index (χ2n) is 5.19. The molecule has 1 atom stereocenters. The number of ether oxygens (including phenoxy) is 3. The van der Waals surface area contributed by atoms with Gasteiger partial charge in [0, 0.05) is 12.5 Å². The highest BCUT2D eigenvalue weighted by molar-refractivity contribution is 5.94. The summed E-state index contributed by atoms with van der Waals surface area (Å²) in [6, 6.07) is 3.68. The smallest absolute Gasteiger partial charge is 0.328 e. The number of carbonyl (C=O) groups is 3. The number of aromatic hydroxyl groups is 1. The number of hydrogen-bond donors (Lipinski definition) is 2. The van der Waals surface area contributed by atoms with E-state index in [4.69, 9.17) is 9.47 Å². The fraction of sp³-hybridized carbons (Fsp3) is 0.389. The molecular weight excluding hydrogens is 342 g/mol. The number of rotatable bonds is 9. The van der Waals surface area contributed by atoms with Crippen LogP contribution in [0.5, 0.6) is 11.5 Å². The molecule has 0 unspecified atom stereocenters. The third-order valence-corrected chi connectivity index (χ3v) is 3.37. The molecule has 0 bridgehead atoms. The number of hydrogen-bond acceptors (Lipinski definition) is 7. The number of carbonyl (C=O) groups excluding carboxylic acids is 3. The van der Waals surface area contributed by atoms with Gasteiger partial charge in [-0.1, -0.05) is 6.07 Å². The highest BCUT2D eigenvalue weighted by Crippen LogP contribution is 2.26. The molecule has 142 valence electrons. The van der Waals surface area contributed by atoms with Crippen LogP contribution in [0.15, 0.2) is 24.3 Å². The Bertz CT molecular complexity index is 670. The van der Waals surface area contributed by atoms with Gasteiger partial charge in [0.2, 0.25) is 5.91 Å². The minimum absolute atomic E-state index is 0.0239. The number of benzene rings is 1. The first kappa shape index (κ1) is 21.0. The normalized spacial score (nSPS) is 11.7. The van der Waals surface area contributed by atoms with Crippen LogP contribution in [0.4, 0.5) is 0 Å². The standard InChI is InChI=1S/C18H23NO7/c1-4-26-17(22)10-7-13(18(23)25-3)19-16(21)9-6-12-5-8-15(24-2)14(20)11-12/h5-6,8-9,11,13,20H,4,7,10H2,1-3H3,(H,19,21)/b9-6+/t13-/m0/s1. The van der Waals surface area contributed by atoms with E-state index in [-0.39, 0.29) is 25.2 Å². The van der Waals surface area contributed by atoms with Crippen LogP contribution >= 0.6 is 0 Å². The minimum atomic E-state index is -0.967. The topological polar surface area (TPSA) is 111 Å². The summed E-state index contributed by atoms with van der Waals surface area (Å²) in [4.78, 5) is 35.2. The number of phenolic OH excluding ortho intramolecular Hbond substituents is 1. The minimum Gasteiger partial charge on any atom is -0.504 e. The summed E-state index contributed by atoms with van der Waals surface area (Å²) in [5.41, 5.74) is 0.569. The van der Waals surface area contributed by atoms with Crippen LogP contribution in [-0.4, -0.2) is 49.8 Å². The van der Waals surface area contributed by atoms with Gasteiger partial charge >= 0.3 is 11.9 Å². The first-order valence-electron chi connectivity index (χ1n) is 8.00. The van der Waals surface area contributed by atoms with Gasteiger partial charge in [-0.2, -0.15) is 0 Å². The van der Waals surface area contributed by atoms with Crippen LogP contribution in [0.25, 0.3) is 6.08 Å². The second-order valence-corrected chi connectivity index (χ2v) is 5.19. The fourth-order valence-electron chi connectivity index (χ4n) is 2.09. The molecule has 8 heteroatoms. The Morgan fingerprint density at radius 1 is 1.27 bits per heavy atom. The maximum absolute atomic E-state index is 12.0. The van der Waals surface area contributed by atoms with Crippen molar-refractivity contribution in [3.05, 3.63) is 29.8 Å². The van der Waals surface area contributed by atoms with Crippen LogP contribution in [-0.2, 0) is 23.9 Å². The van der Waals surface area contributed by atoms with E-state index in [0.29, 0.717) is 11.3 Å². The summed E-state index contributed by atoms with van der Waals surface area (Å²) in [5.74, 6) is -1.40. The maximum Gasteiger partial charge on any atom is 0.328 e. The Morgan fingerprint density at radius 2 is 2.00 bits per heavy atom. The number of esters is 2. The SMILES string of the molecule is CCOC(=O)CC[C@H](NC(=O)/C=C/c1ccc(OC)c(O)c1)C(=O)OC. The van der Waals surface area contributed by atoms with Gasteiger partial charge in [0.05, 0.1) is 20.8 Å². The Balaban J connectivity index is 2.69. The van der Waals surface area contributed by atoms with E-state index in [0.717, 1.165) is 0 Å². The van der Waals surface area contributed by atoms with Crippen LogP contribution in [0.1, 0.15) is 25.3 Å². The molecule has 8 nitrogen and oxygen atoms in total. The van der Waals surface area contributed by atoms with E-state index in [9.17, 15) is 19.5 Å². The van der Waals surface area contributed by atoms with E-state index in [1.54, 1.807) is 19.1 Å². The van der Waals surface area contributed by atoms with Gasteiger partial charge in [-0.15, -0.1) is 0 Å². The quantitative estimate of drug-likeness (QED) is 0.503. The van der Waals surface area contributed by atoms with E-state index < -0.39 is 23.9 Å². The number of phenols is 1. The lowest BCUT2D eigenvalue weighted by atomic mass is 10.1. The van der Waals surface area contributed by atoms with Crippen LogP contribution in [0.3, 0.4) is 0 Å². The molecule has 0 aliphatic carbocycles. The van der Waals surface area contributed by atoms with Gasteiger partial charge in [-0.25, -0.2) is 4.79 Å². The van der Waals surface area contributed by atoms with Gasteiger partial charge in [0.1, 0.15) is 6.04 Å². The fourth-order valence-corrected chi connectivity index (χ4v) is 2.09. The lowest BCUT2D eigenvalue weighted by molar-refractivity contribution is -0.146. The summed E-state index contributed by atoms with van der Waals surface area (Å²) in [7, 11) is 2.63. The van der Waals surface area contributed by atoms with Crippen molar-refractivity contribution >= 4 is 23.9 Å². The lowest BCUT2D eigenvalue weighted by Gasteiger charge is -2.15. The molecule has 26 heavy (non-hydrogen) atoms. The molecule has 0 saturated heterocycles. The van der Waals surface area contributed by atoms with Crippen LogP contribution < -0.4 is 10.1 Å². The Hall–Kier alpha value is -3.03. The number of nitrogens with one attached hydrogen (secondary N) is 1. The summed E-state index contributed by atoms with van der Waals surface area (Å²) in [6.45, 7) is 1.92. The van der Waals surface area contributed by atoms with Crippen molar-refractivity contribution < 1.29 is 33.7 Å². The van der Waals surface area contributed by atoms with E-state index >= 15 is 0 Å². The molecule has 0 aromatic heterocycles. The van der Waals surface area contributed by atoms with Gasteiger partial charge in [0.25, 0.3) is 0 Å². The molecule has 0 aliphatic rings. The maximum atomic E-state index is 12.0. The third kappa shape index (κ3) is 6.84. The Morgan fingerprint density at radius 3 is 2.58 bits per heavy atom. The zero-order valence-corrected chi connectivity index (χ0v) is 15.0. The van der Waals surface area contributed by atoms with Crippen molar-refractivity contribution in [1.29, 1.82) is 0 Å². The zero-order chi connectivity index (χ0) is 19.5. The molecule has 2 N–H and O–H groups in total. The van der Waals surface area contributed by atoms with Gasteiger partial charge in [-0.3, -0.25) is 9.59 Å². The first-order valence-corrected chi connectivity index (χ1v) is 8.00. The molecular formula is C18H23NO7. The Kier molecular flexibility index (Phi) is 8.69. The summed E-state index contributed by atoms with van der Waals surface area (Å²) in [5, 5.41) is 12.2. The third-order valence-electron chi connectivity index (χ3n) is 3.37. The van der Waals surface area contributed by atoms with Crippen molar-refractivity contribution in [2.24, 2.45) is 0 Å². The number of amides is 1. The highest BCUT2D eigenvalue weighted by atomic mass is 16.5. The predicted molar refractivity (Wildman–Crippen MR) is 93.5 cm³/mol. The molecule has 1 aromatic carbocycles. The average molecular weight is 365 g/mol. The molecule has 1 rings (SSSR count). The molecule has 0 fully saturated rings. The van der Waals surface area contributed by atoms with E-state index in [1.807, 2.05) is 0 Å².